The number of carbonyl (C=O) groups excluding carboxylic acids is 1. The molecule has 2 aromatic rings. The summed E-state index contributed by atoms with van der Waals surface area (Å²) in [7, 11) is 3.73. The first-order chi connectivity index (χ1) is 13.1. The third-order valence-corrected chi connectivity index (χ3v) is 5.26. The molecule has 2 aliphatic rings. The Morgan fingerprint density at radius 3 is 2.70 bits per heavy atom. The van der Waals surface area contributed by atoms with Gasteiger partial charge in [0.2, 0.25) is 12.5 Å². The molecule has 0 aromatic heterocycles. The minimum absolute atomic E-state index is 0.155. The van der Waals surface area contributed by atoms with Crippen LogP contribution in [0.1, 0.15) is 27.0 Å². The van der Waals surface area contributed by atoms with E-state index >= 15 is 0 Å². The molecule has 0 radical (unpaired) electrons. The fourth-order valence-corrected chi connectivity index (χ4v) is 3.79. The Morgan fingerprint density at radius 1 is 1.22 bits per heavy atom. The predicted molar refractivity (Wildman–Crippen MR) is 102 cm³/mol. The number of ether oxygens (including phenoxy) is 3. The minimum atomic E-state index is -0.156. The summed E-state index contributed by atoms with van der Waals surface area (Å²) in [4.78, 5) is 14.8. The molecule has 0 fully saturated rings. The highest BCUT2D eigenvalue weighted by molar-refractivity contribution is 6.30. The molecule has 2 aliphatic heterocycles. The Morgan fingerprint density at radius 2 is 1.96 bits per heavy atom. The van der Waals surface area contributed by atoms with E-state index in [0.29, 0.717) is 28.6 Å². The maximum Gasteiger partial charge on any atom is 0.251 e. The van der Waals surface area contributed by atoms with Gasteiger partial charge < -0.3 is 24.4 Å². The van der Waals surface area contributed by atoms with Gasteiger partial charge in [0.15, 0.2) is 11.5 Å². The first kappa shape index (κ1) is 17.9. The van der Waals surface area contributed by atoms with Gasteiger partial charge in [-0.1, -0.05) is 11.6 Å². The number of benzene rings is 2. The van der Waals surface area contributed by atoms with Crippen LogP contribution >= 0.6 is 11.6 Å². The summed E-state index contributed by atoms with van der Waals surface area (Å²) in [6, 6.07) is 6.83. The Balaban J connectivity index is 1.66. The molecule has 0 atom stereocenters. The van der Waals surface area contributed by atoms with Crippen molar-refractivity contribution in [3.8, 4) is 17.2 Å². The zero-order chi connectivity index (χ0) is 19.0. The monoisotopic (exact) mass is 388 g/mol. The van der Waals surface area contributed by atoms with Gasteiger partial charge in [-0.2, -0.15) is 0 Å². The Bertz CT molecular complexity index is 883. The van der Waals surface area contributed by atoms with Crippen molar-refractivity contribution >= 4 is 17.5 Å². The van der Waals surface area contributed by atoms with Crippen molar-refractivity contribution in [1.29, 1.82) is 0 Å². The molecule has 4 rings (SSSR count). The van der Waals surface area contributed by atoms with Crippen molar-refractivity contribution in [2.75, 3.05) is 27.5 Å². The zero-order valence-corrected chi connectivity index (χ0v) is 16.1. The van der Waals surface area contributed by atoms with Crippen LogP contribution in [0.2, 0.25) is 5.02 Å². The number of hydrogen-bond donors (Lipinski definition) is 1. The molecule has 0 saturated carbocycles. The number of hydrogen-bond acceptors (Lipinski definition) is 5. The Labute approximate surface area is 163 Å². The SMILES string of the molecule is COc1c2c(c(CNC(=O)c3ccc(Cl)cc3)c3c1OCO3)CCN(C)C2. The fourth-order valence-electron chi connectivity index (χ4n) is 3.66. The van der Waals surface area contributed by atoms with E-state index in [0.717, 1.165) is 36.4 Å². The summed E-state index contributed by atoms with van der Waals surface area (Å²) < 4.78 is 17.0. The normalized spacial score (nSPS) is 15.4. The highest BCUT2D eigenvalue weighted by Gasteiger charge is 2.32. The smallest absolute Gasteiger partial charge is 0.251 e. The van der Waals surface area contributed by atoms with Crippen molar-refractivity contribution in [3.63, 3.8) is 0 Å². The van der Waals surface area contributed by atoms with Crippen LogP contribution in [0.5, 0.6) is 17.2 Å². The number of carbonyl (C=O) groups is 1. The van der Waals surface area contributed by atoms with Crippen LogP contribution in [0.3, 0.4) is 0 Å². The maximum atomic E-state index is 12.5. The molecule has 0 aliphatic carbocycles. The lowest BCUT2D eigenvalue weighted by Gasteiger charge is -2.29. The number of nitrogens with zero attached hydrogens (tertiary/aromatic N) is 1. The maximum absolute atomic E-state index is 12.5. The summed E-state index contributed by atoms with van der Waals surface area (Å²) in [6.07, 6.45) is 0.866. The average Bonchev–Trinajstić information content (AvgIpc) is 3.14. The van der Waals surface area contributed by atoms with Crippen LogP contribution in [0, 0.1) is 0 Å². The highest BCUT2D eigenvalue weighted by atomic mass is 35.5. The largest absolute Gasteiger partial charge is 0.492 e. The number of amides is 1. The molecule has 6 nitrogen and oxygen atoms in total. The van der Waals surface area contributed by atoms with Gasteiger partial charge in [0.05, 0.1) is 7.11 Å². The van der Waals surface area contributed by atoms with Gasteiger partial charge in [-0.15, -0.1) is 0 Å². The molecule has 0 saturated heterocycles. The Kier molecular flexibility index (Phi) is 4.85. The minimum Gasteiger partial charge on any atom is -0.492 e. The second-order valence-corrected chi connectivity index (χ2v) is 7.15. The molecule has 0 bridgehead atoms. The van der Waals surface area contributed by atoms with Crippen molar-refractivity contribution in [2.24, 2.45) is 0 Å². The summed E-state index contributed by atoms with van der Waals surface area (Å²) in [5, 5.41) is 3.59. The fraction of sp³-hybridized carbons (Fsp3) is 0.350. The van der Waals surface area contributed by atoms with Crippen molar-refractivity contribution in [2.45, 2.75) is 19.5 Å². The molecule has 27 heavy (non-hydrogen) atoms. The van der Waals surface area contributed by atoms with Crippen molar-refractivity contribution in [3.05, 3.63) is 51.5 Å². The number of methoxy groups -OCH3 is 1. The molecule has 0 spiro atoms. The van der Waals surface area contributed by atoms with Gasteiger partial charge in [0.25, 0.3) is 5.91 Å². The molecular formula is C20H21ClN2O4. The summed E-state index contributed by atoms with van der Waals surface area (Å²) >= 11 is 5.90. The topological polar surface area (TPSA) is 60.0 Å². The standard InChI is InChI=1S/C20H21ClN2O4/c1-23-8-7-14-15(9-22-20(24)12-3-5-13(21)6-4-12)18-19(27-11-26-18)17(25-2)16(14)10-23/h3-6H,7-11H2,1-2H3,(H,22,24). The van der Waals surface area contributed by atoms with Gasteiger partial charge in [-0.25, -0.2) is 0 Å². The molecule has 2 aromatic carbocycles. The van der Waals surface area contributed by atoms with E-state index in [1.165, 1.54) is 5.56 Å². The molecule has 1 amide bonds. The second kappa shape index (κ2) is 7.29. The van der Waals surface area contributed by atoms with E-state index in [9.17, 15) is 4.79 Å². The van der Waals surface area contributed by atoms with Gasteiger partial charge in [-0.05, 0) is 43.3 Å². The van der Waals surface area contributed by atoms with Crippen molar-refractivity contribution < 1.29 is 19.0 Å². The first-order valence-corrected chi connectivity index (χ1v) is 9.18. The number of nitrogens with one attached hydrogen (secondary N) is 1. The third-order valence-electron chi connectivity index (χ3n) is 5.00. The Hall–Kier alpha value is -2.44. The van der Waals surface area contributed by atoms with Crippen LogP contribution in [-0.2, 0) is 19.5 Å². The molecular weight excluding hydrogens is 368 g/mol. The molecule has 7 heteroatoms. The van der Waals surface area contributed by atoms with E-state index in [4.69, 9.17) is 25.8 Å². The van der Waals surface area contributed by atoms with Crippen LogP contribution in [-0.4, -0.2) is 38.3 Å². The number of likely N-dealkylation sites (N-methyl/N-ethyl adjacent to an activating group) is 1. The van der Waals surface area contributed by atoms with E-state index < -0.39 is 0 Å². The van der Waals surface area contributed by atoms with Crippen LogP contribution in [0.4, 0.5) is 0 Å². The lowest BCUT2D eigenvalue weighted by atomic mass is 9.92. The summed E-state index contributed by atoms with van der Waals surface area (Å²) in [5.74, 6) is 1.88. The summed E-state index contributed by atoms with van der Waals surface area (Å²) in [6.45, 7) is 2.23. The van der Waals surface area contributed by atoms with Gasteiger partial charge in [0.1, 0.15) is 0 Å². The quantitative estimate of drug-likeness (QED) is 0.872. The molecule has 142 valence electrons. The number of fused-ring (bicyclic) bond motifs is 2. The average molecular weight is 389 g/mol. The van der Waals surface area contributed by atoms with Crippen LogP contribution in [0.15, 0.2) is 24.3 Å². The predicted octanol–water partition coefficient (Wildman–Crippen LogP) is 3.00. The zero-order valence-electron chi connectivity index (χ0n) is 15.3. The third kappa shape index (κ3) is 3.31. The molecule has 2 heterocycles. The second-order valence-electron chi connectivity index (χ2n) is 6.71. The van der Waals surface area contributed by atoms with E-state index in [2.05, 4.69) is 17.3 Å². The number of rotatable bonds is 4. The highest BCUT2D eigenvalue weighted by Crippen LogP contribution is 2.49. The van der Waals surface area contributed by atoms with Gasteiger partial charge in [0, 0.05) is 41.3 Å². The molecule has 1 N–H and O–H groups in total. The van der Waals surface area contributed by atoms with Gasteiger partial charge in [-0.3, -0.25) is 4.79 Å². The van der Waals surface area contributed by atoms with Gasteiger partial charge >= 0.3 is 0 Å². The van der Waals surface area contributed by atoms with Crippen LogP contribution in [0.25, 0.3) is 0 Å². The van der Waals surface area contributed by atoms with E-state index in [1.807, 2.05) is 0 Å². The first-order valence-electron chi connectivity index (χ1n) is 8.81. The number of halogens is 1. The van der Waals surface area contributed by atoms with Crippen LogP contribution < -0.4 is 19.5 Å². The lowest BCUT2D eigenvalue weighted by molar-refractivity contribution is 0.0950. The van der Waals surface area contributed by atoms with E-state index in [-0.39, 0.29) is 12.7 Å². The molecule has 0 unspecified atom stereocenters. The summed E-state index contributed by atoms with van der Waals surface area (Å²) in [5.41, 5.74) is 3.81. The van der Waals surface area contributed by atoms with E-state index in [1.54, 1.807) is 31.4 Å². The lowest BCUT2D eigenvalue weighted by Crippen LogP contribution is -2.30. The van der Waals surface area contributed by atoms with Crippen molar-refractivity contribution in [1.82, 2.24) is 10.2 Å².